The molecule has 176 valence electrons. The second-order valence-electron chi connectivity index (χ2n) is 8.17. The van der Waals surface area contributed by atoms with Crippen molar-refractivity contribution in [3.63, 3.8) is 0 Å². The predicted octanol–water partition coefficient (Wildman–Crippen LogP) is 3.66. The van der Waals surface area contributed by atoms with Gasteiger partial charge in [0, 0.05) is 17.8 Å². The number of para-hydroxylation sites is 1. The van der Waals surface area contributed by atoms with Crippen molar-refractivity contribution in [1.82, 2.24) is 19.7 Å². The first-order valence-corrected chi connectivity index (χ1v) is 11.1. The molecule has 0 radical (unpaired) electrons. The second kappa shape index (κ2) is 8.94. The minimum atomic E-state index is -0.201. The molecular formula is C26H24N6O3. The molecule has 0 bridgehead atoms. The van der Waals surface area contributed by atoms with Crippen molar-refractivity contribution in [1.29, 1.82) is 0 Å². The first-order valence-electron chi connectivity index (χ1n) is 11.1. The monoisotopic (exact) mass is 468 g/mol. The van der Waals surface area contributed by atoms with E-state index >= 15 is 0 Å². The summed E-state index contributed by atoms with van der Waals surface area (Å²) in [5, 5.41) is 15.7. The van der Waals surface area contributed by atoms with Crippen LogP contribution in [0.25, 0.3) is 22.3 Å². The molecule has 2 aromatic heterocycles. The van der Waals surface area contributed by atoms with E-state index in [0.29, 0.717) is 41.0 Å². The Balaban J connectivity index is 1.65. The normalized spacial score (nSPS) is 15.0. The predicted molar refractivity (Wildman–Crippen MR) is 134 cm³/mol. The molecule has 3 heterocycles. The van der Waals surface area contributed by atoms with Crippen LogP contribution in [-0.2, 0) is 11.2 Å². The molecule has 0 aliphatic carbocycles. The van der Waals surface area contributed by atoms with Gasteiger partial charge in [0.15, 0.2) is 17.1 Å². The number of anilines is 2. The Kier molecular flexibility index (Phi) is 5.66. The van der Waals surface area contributed by atoms with Gasteiger partial charge in [0.1, 0.15) is 24.4 Å². The molecule has 1 aliphatic rings. The first-order chi connectivity index (χ1) is 17.0. The van der Waals surface area contributed by atoms with Crippen LogP contribution in [0.2, 0.25) is 0 Å². The van der Waals surface area contributed by atoms with Gasteiger partial charge in [0.05, 0.1) is 11.4 Å². The minimum absolute atomic E-state index is 0.00558. The number of carbonyl (C=O) groups is 1. The molecular weight excluding hydrogens is 444 g/mol. The zero-order valence-electron chi connectivity index (χ0n) is 19.0. The van der Waals surface area contributed by atoms with E-state index < -0.39 is 0 Å². The van der Waals surface area contributed by atoms with Gasteiger partial charge in [0.25, 0.3) is 0 Å². The van der Waals surface area contributed by atoms with Crippen molar-refractivity contribution in [3.8, 4) is 22.8 Å². The highest BCUT2D eigenvalue weighted by molar-refractivity contribution is 6.02. The number of aromatic hydroxyl groups is 1. The number of nitrogen functional groups attached to an aromatic ring is 1. The third-order valence-corrected chi connectivity index (χ3v) is 6.03. The van der Waals surface area contributed by atoms with Crippen molar-refractivity contribution in [2.45, 2.75) is 12.5 Å². The number of phenolic OH excluding ortho intramolecular Hbond substituents is 1. The molecule has 2 aromatic carbocycles. The number of benzene rings is 2. The van der Waals surface area contributed by atoms with Crippen LogP contribution >= 0.6 is 0 Å². The van der Waals surface area contributed by atoms with E-state index in [1.54, 1.807) is 33.9 Å². The van der Waals surface area contributed by atoms with E-state index in [1.807, 2.05) is 24.3 Å². The Morgan fingerprint density at radius 1 is 1.23 bits per heavy atom. The fraction of sp³-hybridized carbons (Fsp3) is 0.154. The summed E-state index contributed by atoms with van der Waals surface area (Å²) >= 11 is 0. The molecule has 0 spiro atoms. The Bertz CT molecular complexity index is 1460. The van der Waals surface area contributed by atoms with E-state index in [9.17, 15) is 9.90 Å². The average molecular weight is 469 g/mol. The van der Waals surface area contributed by atoms with Crippen molar-refractivity contribution in [2.75, 3.05) is 23.8 Å². The number of fused-ring (bicyclic) bond motifs is 2. The van der Waals surface area contributed by atoms with Gasteiger partial charge in [-0.1, -0.05) is 37.4 Å². The number of amides is 1. The quantitative estimate of drug-likeness (QED) is 0.327. The largest absolute Gasteiger partial charge is 0.504 e. The third-order valence-electron chi connectivity index (χ3n) is 6.03. The summed E-state index contributed by atoms with van der Waals surface area (Å²) < 4.78 is 7.39. The van der Waals surface area contributed by atoms with Gasteiger partial charge in [-0.15, -0.1) is 0 Å². The van der Waals surface area contributed by atoms with Gasteiger partial charge in [-0.3, -0.25) is 4.79 Å². The van der Waals surface area contributed by atoms with Crippen LogP contribution in [0.15, 0.2) is 74.1 Å². The van der Waals surface area contributed by atoms with E-state index in [2.05, 4.69) is 23.1 Å². The number of phenols is 1. The van der Waals surface area contributed by atoms with Crippen LogP contribution in [0.4, 0.5) is 11.5 Å². The molecule has 9 heteroatoms. The van der Waals surface area contributed by atoms with Crippen molar-refractivity contribution >= 4 is 28.4 Å². The molecule has 9 nitrogen and oxygen atoms in total. The van der Waals surface area contributed by atoms with E-state index in [4.69, 9.17) is 15.6 Å². The molecule has 1 amide bonds. The summed E-state index contributed by atoms with van der Waals surface area (Å²) in [7, 11) is 0. The van der Waals surface area contributed by atoms with Gasteiger partial charge in [-0.2, -0.15) is 5.10 Å². The third kappa shape index (κ3) is 3.86. The maximum Gasteiger partial charge on any atom is 0.250 e. The maximum absolute atomic E-state index is 12.7. The zero-order valence-corrected chi connectivity index (χ0v) is 19.0. The lowest BCUT2D eigenvalue weighted by Gasteiger charge is -2.34. The molecule has 1 atom stereocenters. The Morgan fingerprint density at radius 2 is 2.06 bits per heavy atom. The fourth-order valence-corrected chi connectivity index (χ4v) is 4.43. The molecule has 0 fully saturated rings. The van der Waals surface area contributed by atoms with Crippen LogP contribution in [-0.4, -0.2) is 43.9 Å². The zero-order chi connectivity index (χ0) is 24.5. The summed E-state index contributed by atoms with van der Waals surface area (Å²) in [6.45, 7) is 7.94. The van der Waals surface area contributed by atoms with E-state index in [1.165, 1.54) is 12.4 Å². The number of carbonyl (C=O) groups excluding carboxylic acids is 1. The van der Waals surface area contributed by atoms with Gasteiger partial charge >= 0.3 is 0 Å². The average Bonchev–Trinajstić information content (AvgIpc) is 3.28. The van der Waals surface area contributed by atoms with Crippen LogP contribution in [0.1, 0.15) is 11.6 Å². The molecule has 1 aliphatic heterocycles. The Morgan fingerprint density at radius 3 is 2.86 bits per heavy atom. The highest BCUT2D eigenvalue weighted by Gasteiger charge is 2.31. The number of ether oxygens (including phenoxy) is 1. The second-order valence-corrected chi connectivity index (χ2v) is 8.17. The molecule has 1 unspecified atom stereocenters. The SMILES string of the molecule is C=CCOc1cc(-c2nn(C3Cc4ccccc4N(C(=O)C=C)C3)c3ncnc(N)c23)ccc1O. The number of nitrogens with two attached hydrogens (primary N) is 1. The number of aromatic nitrogens is 4. The molecule has 35 heavy (non-hydrogen) atoms. The lowest BCUT2D eigenvalue weighted by molar-refractivity contribution is -0.114. The summed E-state index contributed by atoms with van der Waals surface area (Å²) in [5.74, 6) is 0.407. The Hall–Kier alpha value is -4.66. The van der Waals surface area contributed by atoms with Gasteiger partial charge in [-0.05, 0) is 42.3 Å². The standard InChI is InChI=1S/C26H24N6O3/c1-3-11-35-21-13-17(9-10-20(21)33)24-23-25(27)28-15-29-26(23)32(30-24)18-12-16-7-5-6-8-19(16)31(14-18)22(34)4-2/h3-10,13,15,18,33H,1-2,11-12,14H2,(H2,27,28,29). The lowest BCUT2D eigenvalue weighted by atomic mass is 9.97. The highest BCUT2D eigenvalue weighted by atomic mass is 16.5. The molecule has 0 saturated heterocycles. The molecule has 3 N–H and O–H groups in total. The molecule has 0 saturated carbocycles. The van der Waals surface area contributed by atoms with Crippen LogP contribution in [0, 0.1) is 0 Å². The van der Waals surface area contributed by atoms with Crippen molar-refractivity contribution in [2.24, 2.45) is 0 Å². The lowest BCUT2D eigenvalue weighted by Crippen LogP contribution is -2.40. The smallest absolute Gasteiger partial charge is 0.250 e. The number of nitrogens with zero attached hydrogens (tertiary/aromatic N) is 5. The minimum Gasteiger partial charge on any atom is -0.504 e. The van der Waals surface area contributed by atoms with Crippen LogP contribution < -0.4 is 15.4 Å². The van der Waals surface area contributed by atoms with Crippen molar-refractivity contribution in [3.05, 3.63) is 79.7 Å². The summed E-state index contributed by atoms with van der Waals surface area (Å²) in [4.78, 5) is 23.1. The number of rotatable bonds is 6. The van der Waals surface area contributed by atoms with Gasteiger partial charge < -0.3 is 20.5 Å². The van der Waals surface area contributed by atoms with Gasteiger partial charge in [0.2, 0.25) is 5.91 Å². The first kappa shape index (κ1) is 22.1. The summed E-state index contributed by atoms with van der Waals surface area (Å²) in [5.41, 5.74) is 9.97. The molecule has 5 rings (SSSR count). The topological polar surface area (TPSA) is 119 Å². The summed E-state index contributed by atoms with van der Waals surface area (Å²) in [6.07, 6.45) is 4.96. The maximum atomic E-state index is 12.7. The summed E-state index contributed by atoms with van der Waals surface area (Å²) in [6, 6.07) is 12.6. The van der Waals surface area contributed by atoms with Crippen molar-refractivity contribution < 1.29 is 14.6 Å². The highest BCUT2D eigenvalue weighted by Crippen LogP contribution is 2.38. The number of hydrogen-bond donors (Lipinski definition) is 2. The van der Waals surface area contributed by atoms with E-state index in [-0.39, 0.29) is 30.1 Å². The fourth-order valence-electron chi connectivity index (χ4n) is 4.43. The number of hydrogen-bond acceptors (Lipinski definition) is 7. The van der Waals surface area contributed by atoms with E-state index in [0.717, 1.165) is 11.3 Å². The van der Waals surface area contributed by atoms with Gasteiger partial charge in [-0.25, -0.2) is 14.6 Å². The van der Waals surface area contributed by atoms with Crippen LogP contribution in [0.5, 0.6) is 11.5 Å². The molecule has 4 aromatic rings. The Labute approximate surface area is 201 Å². The van der Waals surface area contributed by atoms with Crippen LogP contribution in [0.3, 0.4) is 0 Å².